The molecule has 0 radical (unpaired) electrons. The van der Waals surface area contributed by atoms with Gasteiger partial charge in [0.2, 0.25) is 0 Å². The number of hydrogen-bond acceptors (Lipinski definition) is 4. The highest BCUT2D eigenvalue weighted by Gasteiger charge is 2.45. The Bertz CT molecular complexity index is 792. The van der Waals surface area contributed by atoms with Crippen LogP contribution in [0.2, 0.25) is 0 Å². The predicted molar refractivity (Wildman–Crippen MR) is 92.6 cm³/mol. The Morgan fingerprint density at radius 3 is 2.75 bits per heavy atom. The fraction of sp³-hybridized carbons (Fsp3) is 0.278. The van der Waals surface area contributed by atoms with E-state index in [0.29, 0.717) is 5.56 Å². The summed E-state index contributed by atoms with van der Waals surface area (Å²) in [6.07, 6.45) is 0.0988. The van der Waals surface area contributed by atoms with Crippen LogP contribution in [0.15, 0.2) is 53.0 Å². The van der Waals surface area contributed by atoms with Crippen LogP contribution >= 0.6 is 15.9 Å². The Hall–Kier alpha value is -2.21. The van der Waals surface area contributed by atoms with Crippen LogP contribution in [0.5, 0.6) is 0 Å². The summed E-state index contributed by atoms with van der Waals surface area (Å²) in [7, 11) is 0. The summed E-state index contributed by atoms with van der Waals surface area (Å²) < 4.78 is 6.46. The first kappa shape index (κ1) is 16.6. The number of esters is 1. The summed E-state index contributed by atoms with van der Waals surface area (Å²) in [5.41, 5.74) is 1.48. The molecule has 3 atom stereocenters. The molecule has 1 aliphatic rings. The molecule has 124 valence electrons. The monoisotopic (exact) mass is 389 g/mol. The van der Waals surface area contributed by atoms with Gasteiger partial charge in [0.25, 0.3) is 5.69 Å². The quantitative estimate of drug-likeness (QED) is 0.419. The van der Waals surface area contributed by atoms with Crippen LogP contribution < -0.4 is 0 Å². The highest BCUT2D eigenvalue weighted by Crippen LogP contribution is 2.49. The van der Waals surface area contributed by atoms with Gasteiger partial charge in [0, 0.05) is 10.5 Å². The zero-order chi connectivity index (χ0) is 17.3. The van der Waals surface area contributed by atoms with Crippen molar-refractivity contribution in [1.82, 2.24) is 0 Å². The minimum atomic E-state index is -0.650. The van der Waals surface area contributed by atoms with Gasteiger partial charge in [0.15, 0.2) is 0 Å². The van der Waals surface area contributed by atoms with Gasteiger partial charge in [-0.15, -0.1) is 0 Å². The molecule has 2 aromatic rings. The van der Waals surface area contributed by atoms with Crippen molar-refractivity contribution in [1.29, 1.82) is 0 Å². The fourth-order valence-electron chi connectivity index (χ4n) is 2.88. The molecule has 3 rings (SSSR count). The van der Waals surface area contributed by atoms with Gasteiger partial charge in [-0.1, -0.05) is 40.2 Å². The molecular formula is C18H16BrNO4. The van der Waals surface area contributed by atoms with Crippen molar-refractivity contribution in [2.45, 2.75) is 25.4 Å². The molecule has 1 fully saturated rings. The Morgan fingerprint density at radius 2 is 2.04 bits per heavy atom. The second kappa shape index (κ2) is 6.73. The van der Waals surface area contributed by atoms with E-state index in [1.807, 2.05) is 24.3 Å². The van der Waals surface area contributed by atoms with E-state index in [1.54, 1.807) is 25.1 Å². The van der Waals surface area contributed by atoms with Crippen LogP contribution in [-0.2, 0) is 9.53 Å². The summed E-state index contributed by atoms with van der Waals surface area (Å²) in [5, 5.41) is 11.1. The first-order chi connectivity index (χ1) is 11.5. The van der Waals surface area contributed by atoms with Gasteiger partial charge in [-0.25, -0.2) is 0 Å². The van der Waals surface area contributed by atoms with E-state index in [9.17, 15) is 14.9 Å². The third-order valence-corrected chi connectivity index (χ3v) is 4.73. The van der Waals surface area contributed by atoms with Crippen LogP contribution in [0.25, 0.3) is 0 Å². The van der Waals surface area contributed by atoms with Gasteiger partial charge in [-0.2, -0.15) is 0 Å². The third kappa shape index (κ3) is 3.48. The Balaban J connectivity index is 1.67. The van der Waals surface area contributed by atoms with Crippen molar-refractivity contribution in [3.63, 3.8) is 0 Å². The van der Waals surface area contributed by atoms with E-state index >= 15 is 0 Å². The van der Waals surface area contributed by atoms with Gasteiger partial charge in [0.05, 0.1) is 16.4 Å². The number of benzene rings is 2. The van der Waals surface area contributed by atoms with E-state index in [-0.39, 0.29) is 23.5 Å². The average molecular weight is 390 g/mol. The maximum absolute atomic E-state index is 12.3. The minimum absolute atomic E-state index is 0.0304. The molecule has 0 aromatic heterocycles. The maximum atomic E-state index is 12.3. The van der Waals surface area contributed by atoms with E-state index < -0.39 is 11.0 Å². The van der Waals surface area contributed by atoms with Crippen molar-refractivity contribution in [2.75, 3.05) is 0 Å². The number of halogens is 1. The Kier molecular flexibility index (Phi) is 4.66. The third-order valence-electron chi connectivity index (χ3n) is 4.23. The molecule has 0 aliphatic heterocycles. The lowest BCUT2D eigenvalue weighted by Gasteiger charge is -2.13. The summed E-state index contributed by atoms with van der Waals surface area (Å²) in [6.45, 7) is 1.66. The molecule has 6 heteroatoms. The molecule has 1 aliphatic carbocycles. The van der Waals surface area contributed by atoms with E-state index in [0.717, 1.165) is 16.5 Å². The Morgan fingerprint density at radius 1 is 1.29 bits per heavy atom. The highest BCUT2D eigenvalue weighted by atomic mass is 79.9. The summed E-state index contributed by atoms with van der Waals surface area (Å²) in [4.78, 5) is 23.0. The molecule has 0 saturated heterocycles. The topological polar surface area (TPSA) is 69.4 Å². The number of carbonyl (C=O) groups excluding carboxylic acids is 1. The van der Waals surface area contributed by atoms with Crippen LogP contribution in [0.4, 0.5) is 5.69 Å². The summed E-state index contributed by atoms with van der Waals surface area (Å²) in [5.74, 6) is -0.317. The second-order valence-electron chi connectivity index (χ2n) is 5.90. The molecule has 5 nitrogen and oxygen atoms in total. The lowest BCUT2D eigenvalue weighted by atomic mass is 10.1. The summed E-state index contributed by atoms with van der Waals surface area (Å²) in [6, 6.07) is 14.2. The van der Waals surface area contributed by atoms with Crippen LogP contribution in [-0.4, -0.2) is 10.9 Å². The van der Waals surface area contributed by atoms with Gasteiger partial charge in [-0.3, -0.25) is 14.9 Å². The fourth-order valence-corrected chi connectivity index (χ4v) is 3.30. The average Bonchev–Trinajstić information content (AvgIpc) is 3.35. The molecule has 0 heterocycles. The van der Waals surface area contributed by atoms with Crippen molar-refractivity contribution < 1.29 is 14.5 Å². The van der Waals surface area contributed by atoms with E-state index in [2.05, 4.69) is 15.9 Å². The van der Waals surface area contributed by atoms with Gasteiger partial charge in [-0.05, 0) is 43.0 Å². The van der Waals surface area contributed by atoms with E-state index in [1.165, 1.54) is 6.07 Å². The molecule has 0 spiro atoms. The van der Waals surface area contributed by atoms with Crippen molar-refractivity contribution >= 4 is 27.6 Å². The van der Waals surface area contributed by atoms with Gasteiger partial charge < -0.3 is 4.74 Å². The number of rotatable bonds is 5. The number of ether oxygens (including phenoxy) is 1. The van der Waals surface area contributed by atoms with E-state index in [4.69, 9.17) is 4.74 Å². The van der Waals surface area contributed by atoms with Gasteiger partial charge in [0.1, 0.15) is 6.10 Å². The van der Waals surface area contributed by atoms with Crippen LogP contribution in [0.1, 0.15) is 36.5 Å². The van der Waals surface area contributed by atoms with Crippen LogP contribution in [0.3, 0.4) is 0 Å². The molecule has 2 aromatic carbocycles. The van der Waals surface area contributed by atoms with Gasteiger partial charge >= 0.3 is 5.97 Å². The zero-order valence-corrected chi connectivity index (χ0v) is 14.6. The molecule has 24 heavy (non-hydrogen) atoms. The number of nitro benzene ring substituents is 1. The molecule has 0 amide bonds. The molecule has 0 bridgehead atoms. The molecule has 0 N–H and O–H groups in total. The lowest BCUT2D eigenvalue weighted by Crippen LogP contribution is -2.12. The second-order valence-corrected chi connectivity index (χ2v) is 6.81. The lowest BCUT2D eigenvalue weighted by molar-refractivity contribution is -0.386. The SMILES string of the molecule is CC(OC(=O)C1CC1c1cccc(Br)c1)c1ccccc1[N+](=O)[O-]. The first-order valence-corrected chi connectivity index (χ1v) is 8.46. The van der Waals surface area contributed by atoms with Crippen molar-refractivity contribution in [3.05, 3.63) is 74.2 Å². The standard InChI is InChI=1S/C18H16BrNO4/c1-11(14-7-2-3-8-17(14)20(22)23)24-18(21)16-10-15(16)12-5-4-6-13(19)9-12/h2-9,11,15-16H,10H2,1H3. The molecule has 3 unspecified atom stereocenters. The minimum Gasteiger partial charge on any atom is -0.457 e. The predicted octanol–water partition coefficient (Wildman–Crippen LogP) is 4.77. The number of nitrogens with zero attached hydrogens (tertiary/aromatic N) is 1. The highest BCUT2D eigenvalue weighted by molar-refractivity contribution is 9.10. The largest absolute Gasteiger partial charge is 0.457 e. The zero-order valence-electron chi connectivity index (χ0n) is 13.0. The van der Waals surface area contributed by atoms with Crippen molar-refractivity contribution in [2.24, 2.45) is 5.92 Å². The number of nitro groups is 1. The Labute approximate surface area is 147 Å². The normalized spacial score (nSPS) is 20.2. The first-order valence-electron chi connectivity index (χ1n) is 7.66. The maximum Gasteiger partial charge on any atom is 0.310 e. The van der Waals surface area contributed by atoms with Crippen molar-refractivity contribution in [3.8, 4) is 0 Å². The number of hydrogen-bond donors (Lipinski definition) is 0. The summed E-state index contributed by atoms with van der Waals surface area (Å²) >= 11 is 3.43. The number of carbonyl (C=O) groups is 1. The number of para-hydroxylation sites is 1. The molecular weight excluding hydrogens is 374 g/mol. The molecule has 1 saturated carbocycles. The smallest absolute Gasteiger partial charge is 0.310 e. The van der Waals surface area contributed by atoms with Crippen LogP contribution in [0, 0.1) is 16.0 Å².